The van der Waals surface area contributed by atoms with Gasteiger partial charge in [0.1, 0.15) is 0 Å². The van der Waals surface area contributed by atoms with E-state index in [1.807, 2.05) is 30.1 Å². The fourth-order valence-electron chi connectivity index (χ4n) is 3.09. The van der Waals surface area contributed by atoms with Gasteiger partial charge in [-0.1, -0.05) is 31.4 Å². The number of carbonyl (C=O) groups is 2. The van der Waals surface area contributed by atoms with Gasteiger partial charge in [-0.2, -0.15) is 0 Å². The maximum atomic E-state index is 12.5. The maximum absolute atomic E-state index is 12.5. The van der Waals surface area contributed by atoms with E-state index in [1.54, 1.807) is 6.07 Å². The Morgan fingerprint density at radius 3 is 2.68 bits per heavy atom. The number of amides is 2. The molecule has 1 aromatic carbocycles. The molecule has 0 heterocycles. The first-order chi connectivity index (χ1) is 12.1. The topological polar surface area (TPSA) is 75.4 Å². The third kappa shape index (κ3) is 6.04. The number of nitrogens with one attached hydrogen (secondary N) is 1. The molecule has 2 rings (SSSR count). The van der Waals surface area contributed by atoms with E-state index < -0.39 is 0 Å². The summed E-state index contributed by atoms with van der Waals surface area (Å²) in [4.78, 5) is 27.5. The average molecular weight is 364 g/mol. The molecule has 138 valence electrons. The van der Waals surface area contributed by atoms with Crippen molar-refractivity contribution in [3.8, 4) is 0 Å². The molecule has 0 atom stereocenters. The monoisotopic (exact) mass is 363 g/mol. The molecule has 5 nitrogen and oxygen atoms in total. The van der Waals surface area contributed by atoms with Crippen LogP contribution in [0.25, 0.3) is 0 Å². The summed E-state index contributed by atoms with van der Waals surface area (Å²) in [6, 6.07) is 7.81. The summed E-state index contributed by atoms with van der Waals surface area (Å²) in [5.74, 6) is 0.389. The van der Waals surface area contributed by atoms with E-state index in [1.165, 1.54) is 31.0 Å². The highest BCUT2D eigenvalue weighted by molar-refractivity contribution is 8.00. The van der Waals surface area contributed by atoms with E-state index in [0.29, 0.717) is 30.4 Å². The Kier molecular flexibility index (Phi) is 8.28. The molecule has 3 N–H and O–H groups in total. The summed E-state index contributed by atoms with van der Waals surface area (Å²) in [5.41, 5.74) is 6.08. The maximum Gasteiger partial charge on any atom is 0.252 e. The van der Waals surface area contributed by atoms with Crippen LogP contribution in [-0.4, -0.2) is 48.6 Å². The SMILES string of the molecule is CN(C(=O)CSc1ccccc1C(=O)NCCCN)C1CCCCC1. The molecule has 2 amide bonds. The smallest absolute Gasteiger partial charge is 0.252 e. The summed E-state index contributed by atoms with van der Waals surface area (Å²) in [5, 5.41) is 2.87. The molecule has 0 aliphatic heterocycles. The van der Waals surface area contributed by atoms with Crippen molar-refractivity contribution < 1.29 is 9.59 Å². The fourth-order valence-corrected chi connectivity index (χ4v) is 4.07. The van der Waals surface area contributed by atoms with Crippen molar-refractivity contribution in [3.63, 3.8) is 0 Å². The lowest BCUT2D eigenvalue weighted by atomic mass is 9.94. The second-order valence-corrected chi connectivity index (χ2v) is 7.50. The number of nitrogens with two attached hydrogens (primary N) is 1. The largest absolute Gasteiger partial charge is 0.352 e. The second kappa shape index (κ2) is 10.5. The standard InChI is InChI=1S/C19H29N3O2S/c1-22(15-8-3-2-4-9-15)18(23)14-25-17-11-6-5-10-16(17)19(24)21-13-7-12-20/h5-6,10-11,15H,2-4,7-9,12-14,20H2,1H3,(H,21,24). The molecule has 0 saturated heterocycles. The number of nitrogens with zero attached hydrogens (tertiary/aromatic N) is 1. The Labute approximate surface area is 154 Å². The van der Waals surface area contributed by atoms with Gasteiger partial charge < -0.3 is 16.0 Å². The molecule has 0 aromatic heterocycles. The Morgan fingerprint density at radius 2 is 1.96 bits per heavy atom. The number of thioether (sulfide) groups is 1. The van der Waals surface area contributed by atoms with Gasteiger partial charge in [-0.05, 0) is 37.9 Å². The minimum atomic E-state index is -0.107. The summed E-state index contributed by atoms with van der Waals surface area (Å²) in [7, 11) is 1.91. The van der Waals surface area contributed by atoms with E-state index in [0.717, 1.165) is 24.2 Å². The molecule has 1 fully saturated rings. The number of hydrogen-bond acceptors (Lipinski definition) is 4. The Balaban J connectivity index is 1.91. The predicted octanol–water partition coefficient (Wildman–Crippen LogP) is 2.65. The lowest BCUT2D eigenvalue weighted by Crippen LogP contribution is -2.39. The highest BCUT2D eigenvalue weighted by Crippen LogP contribution is 2.25. The van der Waals surface area contributed by atoms with Crippen molar-refractivity contribution in [2.45, 2.75) is 49.5 Å². The van der Waals surface area contributed by atoms with Gasteiger partial charge in [0.25, 0.3) is 5.91 Å². The third-order valence-corrected chi connectivity index (χ3v) is 5.72. The zero-order valence-corrected chi connectivity index (χ0v) is 15.8. The predicted molar refractivity (Wildman–Crippen MR) is 103 cm³/mol. The Hall–Kier alpha value is -1.53. The molecule has 0 radical (unpaired) electrons. The van der Waals surface area contributed by atoms with Crippen LogP contribution in [0.2, 0.25) is 0 Å². The van der Waals surface area contributed by atoms with Crippen molar-refractivity contribution in [2.75, 3.05) is 25.9 Å². The minimum absolute atomic E-state index is 0.107. The van der Waals surface area contributed by atoms with Crippen LogP contribution in [0, 0.1) is 0 Å². The average Bonchev–Trinajstić information content (AvgIpc) is 2.66. The molecule has 1 aliphatic rings. The normalized spacial score (nSPS) is 15.0. The number of benzene rings is 1. The van der Waals surface area contributed by atoms with Crippen LogP contribution in [-0.2, 0) is 4.79 Å². The molecule has 1 aliphatic carbocycles. The van der Waals surface area contributed by atoms with Gasteiger partial charge >= 0.3 is 0 Å². The van der Waals surface area contributed by atoms with Crippen LogP contribution in [0.15, 0.2) is 29.2 Å². The number of rotatable bonds is 8. The third-order valence-electron chi connectivity index (χ3n) is 4.67. The van der Waals surface area contributed by atoms with Gasteiger partial charge in [-0.15, -0.1) is 11.8 Å². The van der Waals surface area contributed by atoms with E-state index >= 15 is 0 Å². The Bertz CT molecular complexity index is 574. The Morgan fingerprint density at radius 1 is 1.24 bits per heavy atom. The molecule has 0 spiro atoms. The van der Waals surface area contributed by atoms with Gasteiger partial charge in [0.2, 0.25) is 5.91 Å². The molecule has 0 bridgehead atoms. The molecule has 6 heteroatoms. The van der Waals surface area contributed by atoms with Gasteiger partial charge in [-0.25, -0.2) is 0 Å². The van der Waals surface area contributed by atoms with Crippen LogP contribution in [0.1, 0.15) is 48.9 Å². The van der Waals surface area contributed by atoms with Crippen LogP contribution in [0.3, 0.4) is 0 Å². The van der Waals surface area contributed by atoms with Gasteiger partial charge in [0.05, 0.1) is 11.3 Å². The molecule has 0 unspecified atom stereocenters. The first kappa shape index (κ1) is 19.8. The minimum Gasteiger partial charge on any atom is -0.352 e. The summed E-state index contributed by atoms with van der Waals surface area (Å²) in [6.07, 6.45) is 6.66. The lowest BCUT2D eigenvalue weighted by molar-refractivity contribution is -0.129. The first-order valence-corrected chi connectivity index (χ1v) is 10.1. The lowest BCUT2D eigenvalue weighted by Gasteiger charge is -2.31. The van der Waals surface area contributed by atoms with E-state index in [-0.39, 0.29) is 11.8 Å². The summed E-state index contributed by atoms with van der Waals surface area (Å²) < 4.78 is 0. The summed E-state index contributed by atoms with van der Waals surface area (Å²) >= 11 is 1.44. The van der Waals surface area contributed by atoms with Crippen molar-refractivity contribution in [1.82, 2.24) is 10.2 Å². The van der Waals surface area contributed by atoms with Crippen molar-refractivity contribution in [3.05, 3.63) is 29.8 Å². The number of hydrogen-bond donors (Lipinski definition) is 2. The van der Waals surface area contributed by atoms with Crippen LogP contribution < -0.4 is 11.1 Å². The van der Waals surface area contributed by atoms with Crippen molar-refractivity contribution >= 4 is 23.6 Å². The molecule has 1 saturated carbocycles. The van der Waals surface area contributed by atoms with E-state index in [9.17, 15) is 9.59 Å². The number of carbonyl (C=O) groups excluding carboxylic acids is 2. The fraction of sp³-hybridized carbons (Fsp3) is 0.579. The van der Waals surface area contributed by atoms with Gasteiger partial charge in [-0.3, -0.25) is 9.59 Å². The molecular formula is C19H29N3O2S. The van der Waals surface area contributed by atoms with E-state index in [4.69, 9.17) is 5.73 Å². The van der Waals surface area contributed by atoms with Gasteiger partial charge in [0, 0.05) is 24.5 Å². The molecule has 1 aromatic rings. The highest BCUT2D eigenvalue weighted by Gasteiger charge is 2.22. The van der Waals surface area contributed by atoms with Crippen molar-refractivity contribution in [2.24, 2.45) is 5.73 Å². The molecular weight excluding hydrogens is 334 g/mol. The van der Waals surface area contributed by atoms with Crippen LogP contribution in [0.4, 0.5) is 0 Å². The first-order valence-electron chi connectivity index (χ1n) is 9.09. The zero-order valence-electron chi connectivity index (χ0n) is 15.0. The van der Waals surface area contributed by atoms with Gasteiger partial charge in [0.15, 0.2) is 0 Å². The van der Waals surface area contributed by atoms with E-state index in [2.05, 4.69) is 5.32 Å². The summed E-state index contributed by atoms with van der Waals surface area (Å²) in [6.45, 7) is 1.12. The molecule has 25 heavy (non-hydrogen) atoms. The van der Waals surface area contributed by atoms with Crippen LogP contribution in [0.5, 0.6) is 0 Å². The highest BCUT2D eigenvalue weighted by atomic mass is 32.2. The second-order valence-electron chi connectivity index (χ2n) is 6.48. The van der Waals surface area contributed by atoms with Crippen molar-refractivity contribution in [1.29, 1.82) is 0 Å². The zero-order chi connectivity index (χ0) is 18.1. The van der Waals surface area contributed by atoms with Crippen LogP contribution >= 0.6 is 11.8 Å². The quantitative estimate of drug-likeness (QED) is 0.550.